The number of nitrogens with zero attached hydrogens (tertiary/aromatic N) is 1. The van der Waals surface area contributed by atoms with E-state index < -0.39 is 22.1 Å². The van der Waals surface area contributed by atoms with E-state index in [9.17, 15) is 13.2 Å². The molecule has 0 spiro atoms. The van der Waals surface area contributed by atoms with Crippen molar-refractivity contribution >= 4 is 21.7 Å². The first-order valence-corrected chi connectivity index (χ1v) is 12.0. The first-order valence-electron chi connectivity index (χ1n) is 10.5. The zero-order valence-electron chi connectivity index (χ0n) is 18.4. The molecule has 0 unspecified atom stereocenters. The Balaban J connectivity index is 1.80. The minimum atomic E-state index is -3.90. The van der Waals surface area contributed by atoms with Crippen LogP contribution in [0, 0.1) is 6.92 Å². The Bertz CT molecular complexity index is 1290. The smallest absolute Gasteiger partial charge is 0.303 e. The predicted molar refractivity (Wildman–Crippen MR) is 125 cm³/mol. The maximum Gasteiger partial charge on any atom is 0.303 e. The lowest BCUT2D eigenvalue weighted by Gasteiger charge is -2.35. The highest BCUT2D eigenvalue weighted by molar-refractivity contribution is 7.92. The zero-order valence-corrected chi connectivity index (χ0v) is 19.2. The quantitative estimate of drug-likeness (QED) is 0.550. The van der Waals surface area contributed by atoms with Gasteiger partial charge in [0.1, 0.15) is 17.6 Å². The molecule has 0 radical (unpaired) electrons. The van der Waals surface area contributed by atoms with Gasteiger partial charge in [0.25, 0.3) is 10.0 Å². The molecule has 4 rings (SSSR count). The summed E-state index contributed by atoms with van der Waals surface area (Å²) >= 11 is 0. The summed E-state index contributed by atoms with van der Waals surface area (Å²) < 4.78 is 40.0. The number of aryl methyl sites for hydroxylation is 1. The van der Waals surface area contributed by atoms with Gasteiger partial charge in [-0.2, -0.15) is 0 Å². The third-order valence-corrected chi connectivity index (χ3v) is 7.33. The van der Waals surface area contributed by atoms with E-state index in [1.54, 1.807) is 37.4 Å². The maximum atomic E-state index is 13.7. The molecule has 1 N–H and O–H groups in total. The lowest BCUT2D eigenvalue weighted by atomic mass is 10.0. The van der Waals surface area contributed by atoms with Crippen LogP contribution in [0.5, 0.6) is 11.5 Å². The molecule has 0 amide bonds. The number of anilines is 1. The molecule has 1 atom stereocenters. The van der Waals surface area contributed by atoms with Crippen molar-refractivity contribution in [3.63, 3.8) is 0 Å². The van der Waals surface area contributed by atoms with E-state index in [-0.39, 0.29) is 24.3 Å². The number of benzene rings is 3. The molecule has 3 aromatic rings. The number of carbonyl (C=O) groups is 1. The van der Waals surface area contributed by atoms with Gasteiger partial charge in [-0.1, -0.05) is 30.3 Å². The molecule has 33 heavy (non-hydrogen) atoms. The van der Waals surface area contributed by atoms with Gasteiger partial charge in [0, 0.05) is 6.42 Å². The Hall–Kier alpha value is -3.52. The van der Waals surface area contributed by atoms with Crippen molar-refractivity contribution in [2.45, 2.75) is 30.8 Å². The minimum absolute atomic E-state index is 0.0259. The van der Waals surface area contributed by atoms with Crippen LogP contribution in [0.25, 0.3) is 11.1 Å². The molecule has 1 aliphatic rings. The summed E-state index contributed by atoms with van der Waals surface area (Å²) in [5.41, 5.74) is 2.93. The largest absolute Gasteiger partial charge is 0.497 e. The normalized spacial score (nSPS) is 15.5. The van der Waals surface area contributed by atoms with Gasteiger partial charge in [-0.15, -0.1) is 0 Å². The third-order valence-electron chi connectivity index (χ3n) is 5.55. The van der Waals surface area contributed by atoms with Crippen molar-refractivity contribution in [3.8, 4) is 22.6 Å². The number of rotatable bonds is 7. The molecule has 8 heteroatoms. The van der Waals surface area contributed by atoms with Crippen LogP contribution in [0.2, 0.25) is 0 Å². The number of ether oxygens (including phenoxy) is 2. The SMILES string of the molecule is COc1cccc(-c2ccc3c(c2)N(S(=O)(=O)c2cccc(C)c2)C[C@H](CCC(=O)O)O3)c1. The van der Waals surface area contributed by atoms with Gasteiger partial charge in [-0.3, -0.25) is 9.10 Å². The average Bonchev–Trinajstić information content (AvgIpc) is 2.81. The molecular weight excluding hydrogens is 442 g/mol. The number of carboxylic acids is 1. The van der Waals surface area contributed by atoms with Crippen molar-refractivity contribution < 1.29 is 27.8 Å². The number of methoxy groups -OCH3 is 1. The molecule has 0 saturated heterocycles. The van der Waals surface area contributed by atoms with E-state index in [1.807, 2.05) is 43.3 Å². The van der Waals surface area contributed by atoms with Crippen LogP contribution in [0.3, 0.4) is 0 Å². The summed E-state index contributed by atoms with van der Waals surface area (Å²) in [5, 5.41) is 9.08. The molecular formula is C25H25NO6S. The van der Waals surface area contributed by atoms with Gasteiger partial charge in [0.05, 0.1) is 24.2 Å². The van der Waals surface area contributed by atoms with Gasteiger partial charge in [-0.05, 0) is 66.4 Å². The topological polar surface area (TPSA) is 93.1 Å². The molecule has 3 aromatic carbocycles. The number of fused-ring (bicyclic) bond motifs is 1. The van der Waals surface area contributed by atoms with Crippen LogP contribution < -0.4 is 13.8 Å². The van der Waals surface area contributed by atoms with E-state index in [2.05, 4.69) is 0 Å². The van der Waals surface area contributed by atoms with Gasteiger partial charge in [0.15, 0.2) is 0 Å². The first kappa shape index (κ1) is 22.7. The summed E-state index contributed by atoms with van der Waals surface area (Å²) in [4.78, 5) is 11.3. The van der Waals surface area contributed by atoms with Crippen molar-refractivity contribution in [1.82, 2.24) is 0 Å². The number of carboxylic acid groups (broad SMARTS) is 1. The molecule has 0 aliphatic carbocycles. The van der Waals surface area contributed by atoms with Crippen LogP contribution in [0.1, 0.15) is 18.4 Å². The van der Waals surface area contributed by atoms with Gasteiger partial charge >= 0.3 is 5.97 Å². The van der Waals surface area contributed by atoms with E-state index in [1.165, 1.54) is 4.31 Å². The molecule has 7 nitrogen and oxygen atoms in total. The molecule has 1 heterocycles. The second kappa shape index (κ2) is 9.15. The second-order valence-electron chi connectivity index (χ2n) is 7.94. The van der Waals surface area contributed by atoms with Crippen molar-refractivity contribution in [2.24, 2.45) is 0 Å². The van der Waals surface area contributed by atoms with Crippen molar-refractivity contribution in [1.29, 1.82) is 0 Å². The molecule has 1 aliphatic heterocycles. The van der Waals surface area contributed by atoms with E-state index in [0.29, 0.717) is 17.2 Å². The third kappa shape index (κ3) is 4.80. The summed E-state index contributed by atoms with van der Waals surface area (Å²) in [6.45, 7) is 1.86. The van der Waals surface area contributed by atoms with Gasteiger partial charge in [0.2, 0.25) is 0 Å². The average molecular weight is 468 g/mol. The highest BCUT2D eigenvalue weighted by Gasteiger charge is 2.35. The lowest BCUT2D eigenvalue weighted by molar-refractivity contribution is -0.137. The molecule has 0 saturated carbocycles. The number of aliphatic carboxylic acids is 1. The Morgan fingerprint density at radius 1 is 1.09 bits per heavy atom. The fraction of sp³-hybridized carbons (Fsp3) is 0.240. The Morgan fingerprint density at radius 2 is 1.85 bits per heavy atom. The first-order chi connectivity index (χ1) is 15.8. The van der Waals surface area contributed by atoms with E-state index in [4.69, 9.17) is 14.6 Å². The highest BCUT2D eigenvalue weighted by Crippen LogP contribution is 2.41. The summed E-state index contributed by atoms with van der Waals surface area (Å²) in [5.74, 6) is 0.143. The molecule has 172 valence electrons. The van der Waals surface area contributed by atoms with Crippen LogP contribution in [0.4, 0.5) is 5.69 Å². The Morgan fingerprint density at radius 3 is 2.58 bits per heavy atom. The van der Waals surface area contributed by atoms with Crippen molar-refractivity contribution in [3.05, 3.63) is 72.3 Å². The maximum absolute atomic E-state index is 13.7. The minimum Gasteiger partial charge on any atom is -0.497 e. The molecule has 0 fully saturated rings. The molecule has 0 aromatic heterocycles. The van der Waals surface area contributed by atoms with Crippen molar-refractivity contribution in [2.75, 3.05) is 18.0 Å². The summed E-state index contributed by atoms with van der Waals surface area (Å²) in [7, 11) is -2.31. The summed E-state index contributed by atoms with van der Waals surface area (Å²) in [6.07, 6.45) is -0.484. The lowest BCUT2D eigenvalue weighted by Crippen LogP contribution is -2.43. The zero-order chi connectivity index (χ0) is 23.6. The summed E-state index contributed by atoms with van der Waals surface area (Å²) in [6, 6.07) is 19.6. The number of hydrogen-bond donors (Lipinski definition) is 1. The molecule has 0 bridgehead atoms. The monoisotopic (exact) mass is 467 g/mol. The number of hydrogen-bond acceptors (Lipinski definition) is 5. The second-order valence-corrected chi connectivity index (χ2v) is 9.80. The van der Waals surface area contributed by atoms with E-state index >= 15 is 0 Å². The van der Waals surface area contributed by atoms with Crippen LogP contribution in [-0.4, -0.2) is 39.3 Å². The Labute approximate surface area is 193 Å². The fourth-order valence-corrected chi connectivity index (χ4v) is 5.46. The van der Waals surface area contributed by atoms with Crippen LogP contribution in [-0.2, 0) is 14.8 Å². The van der Waals surface area contributed by atoms with E-state index in [0.717, 1.165) is 16.7 Å². The van der Waals surface area contributed by atoms with Gasteiger partial charge in [-0.25, -0.2) is 8.42 Å². The Kier molecular flexibility index (Phi) is 6.29. The van der Waals surface area contributed by atoms with Crippen LogP contribution >= 0.6 is 0 Å². The number of sulfonamides is 1. The van der Waals surface area contributed by atoms with Crippen LogP contribution in [0.15, 0.2) is 71.6 Å². The highest BCUT2D eigenvalue weighted by atomic mass is 32.2. The van der Waals surface area contributed by atoms with Gasteiger partial charge < -0.3 is 14.6 Å². The predicted octanol–water partition coefficient (Wildman–Crippen LogP) is 4.49. The fourth-order valence-electron chi connectivity index (χ4n) is 3.86. The standard InChI is InChI=1S/C25H25NO6S/c1-17-5-3-8-22(13-17)33(29,30)26-16-21(10-12-25(27)28)32-24-11-9-19(15-23(24)26)18-6-4-7-20(14-18)31-2/h3-9,11,13-15,21H,10,12,16H2,1-2H3,(H,27,28)/t21-/m0/s1.